The van der Waals surface area contributed by atoms with Crippen LogP contribution in [0.15, 0.2) is 41.9 Å². The highest BCUT2D eigenvalue weighted by atomic mass is 35.5. The molecule has 0 radical (unpaired) electrons. The second kappa shape index (κ2) is 7.05. The number of carbonyl (C=O) groups is 1. The van der Waals surface area contributed by atoms with Gasteiger partial charge in [-0.05, 0) is 31.0 Å². The number of halogens is 1. The number of hydrogen-bond acceptors (Lipinski definition) is 5. The summed E-state index contributed by atoms with van der Waals surface area (Å²) in [6, 6.07) is 6.97. The number of anilines is 1. The van der Waals surface area contributed by atoms with Gasteiger partial charge in [-0.2, -0.15) is 10.1 Å². The first-order chi connectivity index (χ1) is 11.6. The molecular weight excluding hydrogens is 328 g/mol. The number of rotatable bonds is 5. The maximum Gasteiger partial charge on any atom is 0.338 e. The first kappa shape index (κ1) is 16.5. The molecule has 1 aliphatic rings. The predicted octanol–water partition coefficient (Wildman–Crippen LogP) is 3.56. The Morgan fingerprint density at radius 3 is 3.04 bits per heavy atom. The largest absolute Gasteiger partial charge is 0.462 e. The van der Waals surface area contributed by atoms with Crippen LogP contribution in [0.3, 0.4) is 0 Å². The second-order valence-corrected chi connectivity index (χ2v) is 6.08. The highest BCUT2D eigenvalue weighted by molar-refractivity contribution is 6.30. The zero-order valence-electron chi connectivity index (χ0n) is 13.6. The Labute approximate surface area is 145 Å². The van der Waals surface area contributed by atoms with Crippen LogP contribution in [0, 0.1) is 0 Å². The lowest BCUT2D eigenvalue weighted by atomic mass is 9.96. The number of aromatic nitrogens is 3. The molecule has 2 aromatic rings. The fourth-order valence-corrected chi connectivity index (χ4v) is 2.93. The molecule has 0 bridgehead atoms. The summed E-state index contributed by atoms with van der Waals surface area (Å²) in [7, 11) is 0. The van der Waals surface area contributed by atoms with E-state index in [1.807, 2.05) is 25.1 Å². The van der Waals surface area contributed by atoms with E-state index in [9.17, 15) is 4.79 Å². The van der Waals surface area contributed by atoms with Crippen LogP contribution in [0.1, 0.15) is 38.3 Å². The molecule has 1 aliphatic heterocycles. The highest BCUT2D eigenvalue weighted by Gasteiger charge is 2.34. The van der Waals surface area contributed by atoms with Crippen LogP contribution in [-0.2, 0) is 9.53 Å². The van der Waals surface area contributed by atoms with Crippen LogP contribution < -0.4 is 5.32 Å². The van der Waals surface area contributed by atoms with Gasteiger partial charge in [0.25, 0.3) is 0 Å². The summed E-state index contributed by atoms with van der Waals surface area (Å²) in [6.07, 6.45) is 3.26. The Morgan fingerprint density at radius 1 is 1.46 bits per heavy atom. The number of ether oxygens (including phenoxy) is 1. The summed E-state index contributed by atoms with van der Waals surface area (Å²) < 4.78 is 7.11. The number of benzene rings is 1. The van der Waals surface area contributed by atoms with Gasteiger partial charge in [0.05, 0.1) is 12.2 Å². The standard InChI is InChI=1S/C17H19ClN4O2/c1-3-4-8-24-16(23)14-11(2)21-17-19-10-20-22(17)15(14)12-6-5-7-13(18)9-12/h5-7,9-10,15H,3-4,8H2,1-2H3,(H,19,20,21)/t15-/m0/s1. The van der Waals surface area contributed by atoms with E-state index < -0.39 is 6.04 Å². The van der Waals surface area contributed by atoms with E-state index in [1.165, 1.54) is 6.33 Å². The number of unbranched alkanes of at least 4 members (excludes halogenated alkanes) is 1. The molecule has 0 aliphatic carbocycles. The minimum atomic E-state index is -0.420. The average molecular weight is 347 g/mol. The lowest BCUT2D eigenvalue weighted by Crippen LogP contribution is -2.29. The van der Waals surface area contributed by atoms with Gasteiger partial charge in [-0.25, -0.2) is 9.48 Å². The monoisotopic (exact) mass is 346 g/mol. The van der Waals surface area contributed by atoms with E-state index in [1.54, 1.807) is 10.7 Å². The third-order valence-corrected chi connectivity index (χ3v) is 4.14. The van der Waals surface area contributed by atoms with E-state index >= 15 is 0 Å². The van der Waals surface area contributed by atoms with Crippen molar-refractivity contribution in [3.63, 3.8) is 0 Å². The zero-order chi connectivity index (χ0) is 17.1. The van der Waals surface area contributed by atoms with Crippen LogP contribution in [0.4, 0.5) is 5.95 Å². The maximum atomic E-state index is 12.7. The lowest BCUT2D eigenvalue weighted by molar-refractivity contribution is -0.139. The average Bonchev–Trinajstić information content (AvgIpc) is 3.01. The molecule has 6 nitrogen and oxygen atoms in total. The van der Waals surface area contributed by atoms with Crippen molar-refractivity contribution in [2.75, 3.05) is 11.9 Å². The summed E-state index contributed by atoms with van der Waals surface area (Å²) in [5.74, 6) is 0.238. The van der Waals surface area contributed by atoms with Crippen molar-refractivity contribution in [2.45, 2.75) is 32.7 Å². The van der Waals surface area contributed by atoms with Gasteiger partial charge in [0.1, 0.15) is 12.4 Å². The Hall–Kier alpha value is -2.34. The minimum absolute atomic E-state index is 0.348. The summed E-state index contributed by atoms with van der Waals surface area (Å²) >= 11 is 6.14. The molecule has 0 saturated heterocycles. The van der Waals surface area contributed by atoms with Crippen molar-refractivity contribution in [1.82, 2.24) is 14.8 Å². The first-order valence-electron chi connectivity index (χ1n) is 7.91. The third-order valence-electron chi connectivity index (χ3n) is 3.91. The van der Waals surface area contributed by atoms with E-state index in [0.717, 1.165) is 18.4 Å². The molecule has 1 atom stereocenters. The smallest absolute Gasteiger partial charge is 0.338 e. The number of fused-ring (bicyclic) bond motifs is 1. The summed E-state index contributed by atoms with van der Waals surface area (Å²) in [4.78, 5) is 16.9. The molecule has 0 spiro atoms. The Kier molecular flexibility index (Phi) is 4.85. The number of nitrogens with one attached hydrogen (secondary N) is 1. The van der Waals surface area contributed by atoms with Gasteiger partial charge in [0.15, 0.2) is 0 Å². The second-order valence-electron chi connectivity index (χ2n) is 5.64. The molecule has 1 N–H and O–H groups in total. The van der Waals surface area contributed by atoms with E-state index in [0.29, 0.717) is 28.8 Å². The zero-order valence-corrected chi connectivity index (χ0v) is 14.4. The molecule has 0 saturated carbocycles. The molecule has 24 heavy (non-hydrogen) atoms. The van der Waals surface area contributed by atoms with Gasteiger partial charge < -0.3 is 10.1 Å². The summed E-state index contributed by atoms with van der Waals surface area (Å²) in [6.45, 7) is 4.29. The van der Waals surface area contributed by atoms with Gasteiger partial charge in [0.2, 0.25) is 5.95 Å². The van der Waals surface area contributed by atoms with Crippen molar-refractivity contribution in [3.05, 3.63) is 52.4 Å². The van der Waals surface area contributed by atoms with E-state index in [-0.39, 0.29) is 5.97 Å². The van der Waals surface area contributed by atoms with Crippen LogP contribution in [-0.4, -0.2) is 27.3 Å². The fourth-order valence-electron chi connectivity index (χ4n) is 2.73. The number of carbonyl (C=O) groups excluding carboxylic acids is 1. The molecule has 0 amide bonds. The van der Waals surface area contributed by atoms with Crippen molar-refractivity contribution in [3.8, 4) is 0 Å². The molecule has 0 unspecified atom stereocenters. The molecule has 1 aromatic heterocycles. The van der Waals surface area contributed by atoms with Gasteiger partial charge in [-0.1, -0.05) is 37.1 Å². The Balaban J connectivity index is 2.02. The quantitative estimate of drug-likeness (QED) is 0.662. The van der Waals surface area contributed by atoms with Gasteiger partial charge in [-0.15, -0.1) is 0 Å². The molecule has 7 heteroatoms. The van der Waals surface area contributed by atoms with Crippen LogP contribution in [0.2, 0.25) is 5.02 Å². The molecular formula is C17H19ClN4O2. The number of nitrogens with zero attached hydrogens (tertiary/aromatic N) is 3. The van der Waals surface area contributed by atoms with Crippen molar-refractivity contribution in [1.29, 1.82) is 0 Å². The minimum Gasteiger partial charge on any atom is -0.462 e. The van der Waals surface area contributed by atoms with Gasteiger partial charge in [0, 0.05) is 10.7 Å². The van der Waals surface area contributed by atoms with E-state index in [4.69, 9.17) is 16.3 Å². The first-order valence-corrected chi connectivity index (χ1v) is 8.29. The Morgan fingerprint density at radius 2 is 2.29 bits per heavy atom. The van der Waals surface area contributed by atoms with Crippen LogP contribution >= 0.6 is 11.6 Å². The summed E-state index contributed by atoms with van der Waals surface area (Å²) in [5.41, 5.74) is 2.09. The van der Waals surface area contributed by atoms with Crippen LogP contribution in [0.25, 0.3) is 0 Å². The molecule has 0 fully saturated rings. The lowest BCUT2D eigenvalue weighted by Gasteiger charge is -2.28. The number of esters is 1. The molecule has 1 aromatic carbocycles. The fraction of sp³-hybridized carbons (Fsp3) is 0.353. The maximum absolute atomic E-state index is 12.7. The molecule has 126 valence electrons. The Bertz CT molecular complexity index is 784. The van der Waals surface area contributed by atoms with Gasteiger partial charge >= 0.3 is 5.97 Å². The SMILES string of the molecule is CCCCOC(=O)C1=C(C)Nc2ncnn2[C@H]1c1cccc(Cl)c1. The van der Waals surface area contributed by atoms with Crippen molar-refractivity contribution in [2.24, 2.45) is 0 Å². The summed E-state index contributed by atoms with van der Waals surface area (Å²) in [5, 5.41) is 7.98. The normalized spacial score (nSPS) is 16.5. The van der Waals surface area contributed by atoms with Gasteiger partial charge in [-0.3, -0.25) is 0 Å². The van der Waals surface area contributed by atoms with Crippen molar-refractivity contribution >= 4 is 23.5 Å². The van der Waals surface area contributed by atoms with E-state index in [2.05, 4.69) is 22.3 Å². The third kappa shape index (κ3) is 3.14. The number of hydrogen-bond donors (Lipinski definition) is 1. The molecule has 2 heterocycles. The number of allylic oxidation sites excluding steroid dienone is 1. The highest BCUT2D eigenvalue weighted by Crippen LogP contribution is 2.35. The predicted molar refractivity (Wildman–Crippen MR) is 91.8 cm³/mol. The van der Waals surface area contributed by atoms with Crippen molar-refractivity contribution < 1.29 is 9.53 Å². The topological polar surface area (TPSA) is 69.0 Å². The molecule has 3 rings (SSSR count). The van der Waals surface area contributed by atoms with Crippen LogP contribution in [0.5, 0.6) is 0 Å².